The Labute approximate surface area is 236 Å². The summed E-state index contributed by atoms with van der Waals surface area (Å²) in [4.78, 5) is 21.4. The predicted molar refractivity (Wildman–Crippen MR) is 155 cm³/mol. The van der Waals surface area contributed by atoms with E-state index in [1.54, 1.807) is 13.8 Å². The van der Waals surface area contributed by atoms with Crippen molar-refractivity contribution in [2.24, 2.45) is 5.41 Å². The topological polar surface area (TPSA) is 53.4 Å². The van der Waals surface area contributed by atoms with Gasteiger partial charge in [0.05, 0.1) is 28.9 Å². The van der Waals surface area contributed by atoms with Crippen molar-refractivity contribution in [3.8, 4) is 0 Å². The van der Waals surface area contributed by atoms with Gasteiger partial charge in [0, 0.05) is 16.0 Å². The van der Waals surface area contributed by atoms with Crippen LogP contribution in [-0.4, -0.2) is 20.9 Å². The minimum absolute atomic E-state index is 0.0240. The van der Waals surface area contributed by atoms with Gasteiger partial charge in [-0.3, -0.25) is 9.78 Å². The Morgan fingerprint density at radius 3 is 2.39 bits per heavy atom. The first kappa shape index (κ1) is 28.4. The molecule has 0 radical (unpaired) electrons. The predicted octanol–water partition coefficient (Wildman–Crippen LogP) is 8.41. The molecule has 1 aromatic heterocycles. The Hall–Kier alpha value is -2.66. The number of allylic oxidation sites excluding steroid dienone is 1. The smallest absolute Gasteiger partial charge is 0.229 e. The molecular formula is C32H36Cl2N2O2. The van der Waals surface area contributed by atoms with E-state index in [2.05, 4.69) is 19.6 Å². The molecule has 4 rings (SSSR count). The van der Waals surface area contributed by atoms with Crippen LogP contribution in [0.4, 0.5) is 0 Å². The fourth-order valence-corrected chi connectivity index (χ4v) is 6.08. The number of pyridine rings is 1. The maximum Gasteiger partial charge on any atom is 0.229 e. The average molecular weight is 552 g/mol. The Balaban J connectivity index is 1.96. The molecule has 0 saturated carbocycles. The van der Waals surface area contributed by atoms with E-state index in [1.807, 2.05) is 78.6 Å². The van der Waals surface area contributed by atoms with Gasteiger partial charge in [0.1, 0.15) is 5.60 Å². The zero-order chi connectivity index (χ0) is 27.7. The molecule has 0 bridgehead atoms. The molecule has 1 fully saturated rings. The minimum Gasteiger partial charge on any atom is -0.384 e. The van der Waals surface area contributed by atoms with Crippen LogP contribution in [0, 0.1) is 5.41 Å². The number of benzene rings is 2. The third kappa shape index (κ3) is 5.68. The summed E-state index contributed by atoms with van der Waals surface area (Å²) < 4.78 is 0. The first-order valence-corrected chi connectivity index (χ1v) is 13.9. The van der Waals surface area contributed by atoms with E-state index in [0.717, 1.165) is 16.8 Å². The quantitative estimate of drug-likeness (QED) is 0.286. The van der Waals surface area contributed by atoms with Crippen LogP contribution in [-0.2, 0) is 10.4 Å². The van der Waals surface area contributed by atoms with Gasteiger partial charge in [-0.1, -0.05) is 73.5 Å². The molecule has 0 spiro atoms. The highest BCUT2D eigenvalue weighted by Crippen LogP contribution is 2.54. The molecule has 2 heterocycles. The molecule has 200 valence electrons. The zero-order valence-electron chi connectivity index (χ0n) is 22.5. The molecule has 1 amide bonds. The lowest BCUT2D eigenvalue weighted by Crippen LogP contribution is -2.53. The van der Waals surface area contributed by atoms with Crippen LogP contribution in [0.5, 0.6) is 0 Å². The molecule has 1 aliphatic heterocycles. The molecule has 4 atom stereocenters. The van der Waals surface area contributed by atoms with Crippen molar-refractivity contribution >= 4 is 29.1 Å². The Morgan fingerprint density at radius 2 is 1.79 bits per heavy atom. The van der Waals surface area contributed by atoms with Crippen LogP contribution in [0.15, 0.2) is 79.4 Å². The second-order valence-corrected chi connectivity index (χ2v) is 11.9. The van der Waals surface area contributed by atoms with Gasteiger partial charge in [0.15, 0.2) is 0 Å². The highest BCUT2D eigenvalue weighted by molar-refractivity contribution is 6.30. The van der Waals surface area contributed by atoms with E-state index in [4.69, 9.17) is 28.2 Å². The highest BCUT2D eigenvalue weighted by atomic mass is 35.5. The Bertz CT molecular complexity index is 1300. The first-order chi connectivity index (χ1) is 18.0. The molecular weight excluding hydrogens is 515 g/mol. The van der Waals surface area contributed by atoms with Crippen molar-refractivity contribution in [2.45, 2.75) is 70.6 Å². The molecule has 6 heteroatoms. The van der Waals surface area contributed by atoms with Crippen molar-refractivity contribution < 1.29 is 9.90 Å². The van der Waals surface area contributed by atoms with Gasteiger partial charge < -0.3 is 10.0 Å². The average Bonchev–Trinajstić information content (AvgIpc) is 2.87. The molecule has 2 aromatic carbocycles. The van der Waals surface area contributed by atoms with Gasteiger partial charge in [-0.15, -0.1) is 6.58 Å². The molecule has 38 heavy (non-hydrogen) atoms. The van der Waals surface area contributed by atoms with Gasteiger partial charge in [-0.05, 0) is 80.6 Å². The standard InChI is InChI=1S/C32H36Cl2N2O2/c1-6-18-32(5)20-25(22-10-8-11-24(34)19-22)29(21-14-16-23(33)17-15-21)36(30(32)37)27(7-2)26-12-9-13-28(35-26)31(3,4)38/h6,8-17,19,25,27,29,38H,1,7,18,20H2,2-5H3/t25-,27-,29-,32+/m1/s1. The number of hydrogen-bond donors (Lipinski definition) is 1. The summed E-state index contributed by atoms with van der Waals surface area (Å²) in [6, 6.07) is 20.8. The number of hydrogen-bond acceptors (Lipinski definition) is 3. The highest BCUT2D eigenvalue weighted by Gasteiger charge is 2.51. The number of aromatic nitrogens is 1. The summed E-state index contributed by atoms with van der Waals surface area (Å²) in [5.74, 6) is 0.0435. The molecule has 1 N–H and O–H groups in total. The second-order valence-electron chi connectivity index (χ2n) is 11.1. The van der Waals surface area contributed by atoms with Crippen molar-refractivity contribution in [3.63, 3.8) is 0 Å². The number of piperidine rings is 1. The van der Waals surface area contributed by atoms with Crippen LogP contribution in [0.2, 0.25) is 10.0 Å². The lowest BCUT2D eigenvalue weighted by Gasteiger charge is -2.52. The van der Waals surface area contributed by atoms with Crippen LogP contribution >= 0.6 is 23.2 Å². The summed E-state index contributed by atoms with van der Waals surface area (Å²) in [7, 11) is 0. The molecule has 1 aliphatic rings. The molecule has 3 aromatic rings. The summed E-state index contributed by atoms with van der Waals surface area (Å²) in [6.07, 6.45) is 3.70. The van der Waals surface area contributed by atoms with Crippen molar-refractivity contribution in [3.05, 3.63) is 112 Å². The van der Waals surface area contributed by atoms with Gasteiger partial charge in [0.25, 0.3) is 0 Å². The van der Waals surface area contributed by atoms with E-state index >= 15 is 0 Å². The summed E-state index contributed by atoms with van der Waals surface area (Å²) >= 11 is 12.8. The van der Waals surface area contributed by atoms with Gasteiger partial charge in [0.2, 0.25) is 5.91 Å². The largest absolute Gasteiger partial charge is 0.384 e. The van der Waals surface area contributed by atoms with Crippen LogP contribution < -0.4 is 0 Å². The normalized spacial score (nSPS) is 22.8. The fraction of sp³-hybridized carbons (Fsp3) is 0.375. The molecule has 4 nitrogen and oxygen atoms in total. The summed E-state index contributed by atoms with van der Waals surface area (Å²) in [6.45, 7) is 11.5. The zero-order valence-corrected chi connectivity index (χ0v) is 24.0. The number of aliphatic hydroxyl groups is 1. The Morgan fingerprint density at radius 1 is 1.11 bits per heavy atom. The summed E-state index contributed by atoms with van der Waals surface area (Å²) in [5, 5.41) is 12.0. The van der Waals surface area contributed by atoms with E-state index < -0.39 is 11.0 Å². The van der Waals surface area contributed by atoms with Crippen LogP contribution in [0.3, 0.4) is 0 Å². The number of rotatable bonds is 8. The number of carbonyl (C=O) groups excluding carboxylic acids is 1. The van der Waals surface area contributed by atoms with E-state index in [9.17, 15) is 9.90 Å². The van der Waals surface area contributed by atoms with E-state index in [1.165, 1.54) is 0 Å². The van der Waals surface area contributed by atoms with Crippen molar-refractivity contribution in [1.29, 1.82) is 0 Å². The number of halogens is 2. The van der Waals surface area contributed by atoms with Gasteiger partial charge in [-0.2, -0.15) is 0 Å². The molecule has 1 saturated heterocycles. The number of likely N-dealkylation sites (tertiary alicyclic amines) is 1. The van der Waals surface area contributed by atoms with Gasteiger partial charge in [-0.25, -0.2) is 0 Å². The third-order valence-corrected chi connectivity index (χ3v) is 8.13. The summed E-state index contributed by atoms with van der Waals surface area (Å²) in [5.41, 5.74) is 1.66. The van der Waals surface area contributed by atoms with Gasteiger partial charge >= 0.3 is 0 Å². The Kier molecular flexibility index (Phi) is 8.37. The van der Waals surface area contributed by atoms with E-state index in [-0.39, 0.29) is 23.9 Å². The maximum atomic E-state index is 14.5. The lowest BCUT2D eigenvalue weighted by molar-refractivity contribution is -0.155. The number of amides is 1. The number of nitrogens with zero attached hydrogens (tertiary/aromatic N) is 2. The minimum atomic E-state index is -1.10. The monoisotopic (exact) mass is 550 g/mol. The molecule has 0 aliphatic carbocycles. The fourth-order valence-electron chi connectivity index (χ4n) is 5.76. The third-order valence-electron chi connectivity index (χ3n) is 7.65. The molecule has 0 unspecified atom stereocenters. The van der Waals surface area contributed by atoms with Crippen molar-refractivity contribution in [1.82, 2.24) is 9.88 Å². The second kappa shape index (κ2) is 11.2. The first-order valence-electron chi connectivity index (χ1n) is 13.1. The SMILES string of the molecule is C=CC[C@@]1(C)C[C@H](c2cccc(Cl)c2)[C@@H](c2ccc(Cl)cc2)N([C@H](CC)c2cccc(C(C)(C)O)n2)C1=O. The van der Waals surface area contributed by atoms with E-state index in [0.29, 0.717) is 35.0 Å². The number of carbonyl (C=O) groups is 1. The lowest BCUT2D eigenvalue weighted by atomic mass is 9.67. The van der Waals surface area contributed by atoms with Crippen molar-refractivity contribution in [2.75, 3.05) is 0 Å². The van der Waals surface area contributed by atoms with Crippen LogP contribution in [0.1, 0.15) is 87.5 Å². The maximum absolute atomic E-state index is 14.5. The van der Waals surface area contributed by atoms with Crippen LogP contribution in [0.25, 0.3) is 0 Å².